The molecule has 1 unspecified atom stereocenters. The Morgan fingerprint density at radius 1 is 1.07 bits per heavy atom. The summed E-state index contributed by atoms with van der Waals surface area (Å²) in [4.78, 5) is 4.24. The van der Waals surface area contributed by atoms with Crippen LogP contribution >= 0.6 is 35.6 Å². The fourth-order valence-electron chi connectivity index (χ4n) is 2.46. The predicted octanol–water partition coefficient (Wildman–Crippen LogP) is 4.35. The summed E-state index contributed by atoms with van der Waals surface area (Å²) in [6.45, 7) is 0.532. The van der Waals surface area contributed by atoms with Gasteiger partial charge in [-0.2, -0.15) is 0 Å². The van der Waals surface area contributed by atoms with E-state index in [2.05, 4.69) is 15.6 Å². The van der Waals surface area contributed by atoms with Gasteiger partial charge >= 0.3 is 0 Å². The van der Waals surface area contributed by atoms with Gasteiger partial charge in [-0.3, -0.25) is 4.99 Å². The second kappa shape index (κ2) is 11.9. The van der Waals surface area contributed by atoms with Crippen molar-refractivity contribution in [1.82, 2.24) is 5.32 Å². The highest BCUT2D eigenvalue weighted by Gasteiger charge is 2.12. The average molecular weight is 506 g/mol. The van der Waals surface area contributed by atoms with Crippen molar-refractivity contribution in [1.29, 1.82) is 0 Å². The van der Waals surface area contributed by atoms with E-state index in [0.717, 1.165) is 11.3 Å². The van der Waals surface area contributed by atoms with Crippen LogP contribution in [0.25, 0.3) is 0 Å². The molecule has 8 heteroatoms. The molecule has 0 aromatic heterocycles. The van der Waals surface area contributed by atoms with Gasteiger partial charge in [-0.25, -0.2) is 0 Å². The maximum absolute atomic E-state index is 6.06. The van der Waals surface area contributed by atoms with Crippen molar-refractivity contribution in [2.45, 2.75) is 6.10 Å². The second-order valence-corrected chi connectivity index (χ2v) is 5.86. The molecule has 2 N–H and O–H groups in total. The summed E-state index contributed by atoms with van der Waals surface area (Å²) in [6, 6.07) is 13.2. The lowest BCUT2D eigenvalue weighted by Gasteiger charge is -2.19. The van der Waals surface area contributed by atoms with Crippen molar-refractivity contribution in [3.8, 4) is 11.5 Å². The van der Waals surface area contributed by atoms with Crippen LogP contribution in [0, 0.1) is 0 Å². The minimum absolute atomic E-state index is 0. The molecule has 0 radical (unpaired) electrons. The number of ether oxygens (including phenoxy) is 3. The Morgan fingerprint density at radius 2 is 1.81 bits per heavy atom. The van der Waals surface area contributed by atoms with Crippen molar-refractivity contribution >= 4 is 47.2 Å². The van der Waals surface area contributed by atoms with Gasteiger partial charge in [0.1, 0.15) is 0 Å². The summed E-state index contributed by atoms with van der Waals surface area (Å²) in [5.41, 5.74) is 1.82. The molecule has 2 aromatic rings. The average Bonchev–Trinajstić information content (AvgIpc) is 2.67. The molecule has 2 aromatic carbocycles. The molecule has 0 saturated carbocycles. The Kier molecular flexibility index (Phi) is 10.3. The molecule has 0 aliphatic carbocycles. The maximum atomic E-state index is 6.06. The lowest BCUT2D eigenvalue weighted by molar-refractivity contribution is 0.106. The van der Waals surface area contributed by atoms with Gasteiger partial charge in [-0.05, 0) is 29.8 Å². The van der Waals surface area contributed by atoms with E-state index < -0.39 is 0 Å². The van der Waals surface area contributed by atoms with E-state index in [1.165, 1.54) is 0 Å². The Hall–Kier alpha value is -1.71. The van der Waals surface area contributed by atoms with Gasteiger partial charge in [0.2, 0.25) is 0 Å². The topological polar surface area (TPSA) is 64.1 Å². The number of anilines is 1. The molecule has 0 heterocycles. The standard InChI is InChI=1S/C19H24ClN3O3.HI/c1-21-19(23-15-8-9-16(24-2)17(11-15)25-3)22-12-18(26-4)13-6-5-7-14(20)10-13;/h5-11,18H,12H2,1-4H3,(H2,21,22,23);1H. The van der Waals surface area contributed by atoms with Gasteiger partial charge in [0.25, 0.3) is 0 Å². The van der Waals surface area contributed by atoms with E-state index in [9.17, 15) is 0 Å². The summed E-state index contributed by atoms with van der Waals surface area (Å²) >= 11 is 6.06. The fraction of sp³-hybridized carbons (Fsp3) is 0.316. The zero-order valence-corrected chi connectivity index (χ0v) is 18.9. The molecular weight excluding hydrogens is 481 g/mol. The van der Waals surface area contributed by atoms with Crippen LogP contribution in [0.3, 0.4) is 0 Å². The van der Waals surface area contributed by atoms with Gasteiger partial charge in [0.15, 0.2) is 17.5 Å². The van der Waals surface area contributed by atoms with Gasteiger partial charge in [-0.15, -0.1) is 24.0 Å². The summed E-state index contributed by atoms with van der Waals surface area (Å²) in [6.07, 6.45) is -0.155. The van der Waals surface area contributed by atoms with Crippen LogP contribution in [0.5, 0.6) is 11.5 Å². The van der Waals surface area contributed by atoms with Crippen LogP contribution in [-0.4, -0.2) is 40.9 Å². The minimum Gasteiger partial charge on any atom is -0.493 e. The maximum Gasteiger partial charge on any atom is 0.195 e. The van der Waals surface area contributed by atoms with Crippen LogP contribution < -0.4 is 20.1 Å². The Balaban J connectivity index is 0.00000364. The monoisotopic (exact) mass is 505 g/mol. The third kappa shape index (κ3) is 6.75. The number of benzene rings is 2. The van der Waals surface area contributed by atoms with Crippen molar-refractivity contribution in [2.24, 2.45) is 4.99 Å². The zero-order valence-electron chi connectivity index (χ0n) is 15.8. The number of guanidine groups is 1. The number of nitrogens with one attached hydrogen (secondary N) is 2. The number of halogens is 2. The van der Waals surface area contributed by atoms with Crippen molar-refractivity contribution in [2.75, 3.05) is 40.2 Å². The summed E-state index contributed by atoms with van der Waals surface area (Å²) in [5.74, 6) is 1.92. The number of methoxy groups -OCH3 is 3. The highest BCUT2D eigenvalue weighted by atomic mass is 127. The summed E-state index contributed by atoms with van der Waals surface area (Å²) < 4.78 is 16.1. The zero-order chi connectivity index (χ0) is 18.9. The molecule has 0 spiro atoms. The number of aliphatic imine (C=N–C) groups is 1. The highest BCUT2D eigenvalue weighted by Crippen LogP contribution is 2.29. The number of nitrogens with zero attached hydrogens (tertiary/aromatic N) is 1. The van der Waals surface area contributed by atoms with E-state index in [4.69, 9.17) is 25.8 Å². The largest absolute Gasteiger partial charge is 0.493 e. The molecule has 148 valence electrons. The summed E-state index contributed by atoms with van der Waals surface area (Å²) in [7, 11) is 6.57. The summed E-state index contributed by atoms with van der Waals surface area (Å²) in [5, 5.41) is 7.15. The van der Waals surface area contributed by atoms with Crippen LogP contribution in [0.2, 0.25) is 5.02 Å². The third-order valence-corrected chi connectivity index (χ3v) is 4.06. The molecule has 6 nitrogen and oxygen atoms in total. The normalized spacial score (nSPS) is 12.0. The van der Waals surface area contributed by atoms with Crippen LogP contribution in [-0.2, 0) is 4.74 Å². The molecule has 0 saturated heterocycles. The van der Waals surface area contributed by atoms with Crippen molar-refractivity contribution in [3.63, 3.8) is 0 Å². The van der Waals surface area contributed by atoms with Crippen LogP contribution in [0.15, 0.2) is 47.5 Å². The third-order valence-electron chi connectivity index (χ3n) is 3.83. The van der Waals surface area contributed by atoms with Crippen LogP contribution in [0.1, 0.15) is 11.7 Å². The number of hydrogen-bond donors (Lipinski definition) is 2. The van der Waals surface area contributed by atoms with Gasteiger partial charge in [-0.1, -0.05) is 23.7 Å². The highest BCUT2D eigenvalue weighted by molar-refractivity contribution is 14.0. The predicted molar refractivity (Wildman–Crippen MR) is 121 cm³/mol. The quantitative estimate of drug-likeness (QED) is 0.333. The Labute approximate surface area is 182 Å². The van der Waals surface area contributed by atoms with Crippen molar-refractivity contribution in [3.05, 3.63) is 53.1 Å². The van der Waals surface area contributed by atoms with E-state index in [0.29, 0.717) is 29.0 Å². The molecule has 0 bridgehead atoms. The van der Waals surface area contributed by atoms with Gasteiger partial charge in [0, 0.05) is 37.5 Å². The van der Waals surface area contributed by atoms with Gasteiger partial charge in [0.05, 0.1) is 20.3 Å². The first-order valence-electron chi connectivity index (χ1n) is 8.09. The van der Waals surface area contributed by atoms with Crippen molar-refractivity contribution < 1.29 is 14.2 Å². The molecule has 1 atom stereocenters. The molecule has 0 amide bonds. The smallest absolute Gasteiger partial charge is 0.195 e. The first-order valence-corrected chi connectivity index (χ1v) is 8.47. The Morgan fingerprint density at radius 3 is 2.41 bits per heavy atom. The van der Waals surface area contributed by atoms with E-state index in [1.807, 2.05) is 42.5 Å². The SMILES string of the molecule is CN=C(NCC(OC)c1cccc(Cl)c1)Nc1ccc(OC)c(OC)c1.I. The first kappa shape index (κ1) is 23.3. The van der Waals surface area contributed by atoms with E-state index >= 15 is 0 Å². The first-order chi connectivity index (χ1) is 12.6. The minimum atomic E-state index is -0.155. The fourth-order valence-corrected chi connectivity index (χ4v) is 2.66. The van der Waals surface area contributed by atoms with Gasteiger partial charge < -0.3 is 24.8 Å². The van der Waals surface area contributed by atoms with E-state index in [1.54, 1.807) is 28.4 Å². The molecule has 0 aliphatic heterocycles. The molecular formula is C19H25ClIN3O3. The van der Waals surface area contributed by atoms with Crippen LogP contribution in [0.4, 0.5) is 5.69 Å². The lowest BCUT2D eigenvalue weighted by Crippen LogP contribution is -2.34. The van der Waals surface area contributed by atoms with E-state index in [-0.39, 0.29) is 30.1 Å². The lowest BCUT2D eigenvalue weighted by atomic mass is 10.1. The molecule has 2 rings (SSSR count). The number of hydrogen-bond acceptors (Lipinski definition) is 4. The Bertz CT molecular complexity index is 759. The number of rotatable bonds is 7. The second-order valence-electron chi connectivity index (χ2n) is 5.43. The molecule has 27 heavy (non-hydrogen) atoms. The molecule has 0 aliphatic rings. The molecule has 0 fully saturated rings.